The Morgan fingerprint density at radius 3 is 3.00 bits per heavy atom. The number of hydrogen-bond donors (Lipinski definition) is 1. The minimum Gasteiger partial charge on any atom is -0.325 e. The van der Waals surface area contributed by atoms with E-state index in [0.29, 0.717) is 6.54 Å². The summed E-state index contributed by atoms with van der Waals surface area (Å²) in [5.74, 6) is 0. The van der Waals surface area contributed by atoms with Crippen LogP contribution in [-0.4, -0.2) is 14.8 Å². The molecular weight excluding hydrogens is 184 g/mol. The van der Waals surface area contributed by atoms with Crippen molar-refractivity contribution in [2.75, 3.05) is 0 Å². The van der Waals surface area contributed by atoms with Gasteiger partial charge in [0.2, 0.25) is 0 Å². The zero-order valence-electron chi connectivity index (χ0n) is 7.27. The highest BCUT2D eigenvalue weighted by molar-refractivity contribution is 7.13. The Balaban J connectivity index is 2.35. The molecule has 2 rings (SSSR count). The van der Waals surface area contributed by atoms with E-state index in [1.54, 1.807) is 16.0 Å². The van der Waals surface area contributed by atoms with Crippen LogP contribution in [0.2, 0.25) is 0 Å². The third kappa shape index (κ3) is 1.61. The lowest BCUT2D eigenvalue weighted by Crippen LogP contribution is -1.95. The highest BCUT2D eigenvalue weighted by Gasteiger charge is 2.05. The molecule has 0 unspecified atom stereocenters. The number of nitrogens with two attached hydrogens (primary N) is 1. The Morgan fingerprint density at radius 2 is 2.46 bits per heavy atom. The van der Waals surface area contributed by atoms with Crippen molar-refractivity contribution < 1.29 is 0 Å². The number of hydrogen-bond acceptors (Lipinski definition) is 4. The Hall–Kier alpha value is -1.20. The lowest BCUT2D eigenvalue weighted by molar-refractivity contribution is 0.770. The third-order valence-electron chi connectivity index (χ3n) is 1.69. The molecule has 13 heavy (non-hydrogen) atoms. The maximum Gasteiger partial charge on any atom is 0.144 e. The van der Waals surface area contributed by atoms with Crippen LogP contribution in [0.1, 0.15) is 5.69 Å². The minimum absolute atomic E-state index is 0.489. The van der Waals surface area contributed by atoms with Crippen LogP contribution < -0.4 is 5.73 Å². The zero-order valence-corrected chi connectivity index (χ0v) is 8.08. The molecule has 4 nitrogen and oxygen atoms in total. The van der Waals surface area contributed by atoms with Gasteiger partial charge in [-0.2, -0.15) is 5.10 Å². The lowest BCUT2D eigenvalue weighted by Gasteiger charge is -1.87. The summed E-state index contributed by atoms with van der Waals surface area (Å²) >= 11 is 1.57. The molecule has 0 saturated carbocycles. The largest absolute Gasteiger partial charge is 0.325 e. The van der Waals surface area contributed by atoms with Gasteiger partial charge < -0.3 is 5.73 Å². The number of rotatable bonds is 2. The average Bonchev–Trinajstić information content (AvgIpc) is 2.71. The zero-order chi connectivity index (χ0) is 9.26. The topological polar surface area (TPSA) is 56.7 Å². The minimum atomic E-state index is 0.489. The van der Waals surface area contributed by atoms with Gasteiger partial charge in [0.05, 0.1) is 5.69 Å². The molecule has 0 bridgehead atoms. The van der Waals surface area contributed by atoms with Gasteiger partial charge in [-0.05, 0) is 6.07 Å². The molecule has 0 fully saturated rings. The van der Waals surface area contributed by atoms with Crippen LogP contribution in [0.4, 0.5) is 0 Å². The van der Waals surface area contributed by atoms with Crippen LogP contribution in [0.3, 0.4) is 0 Å². The first kappa shape index (κ1) is 8.40. The molecule has 0 aliphatic carbocycles. The lowest BCUT2D eigenvalue weighted by atomic mass is 10.4. The Kier molecular flexibility index (Phi) is 2.12. The first-order chi connectivity index (χ1) is 6.29. The molecule has 2 heterocycles. The molecule has 0 atom stereocenters. The first-order valence-electron chi connectivity index (χ1n) is 3.94. The van der Waals surface area contributed by atoms with Crippen molar-refractivity contribution in [3.63, 3.8) is 0 Å². The van der Waals surface area contributed by atoms with Crippen LogP contribution >= 0.6 is 11.3 Å². The molecule has 2 aromatic rings. The van der Waals surface area contributed by atoms with Gasteiger partial charge in [0.15, 0.2) is 0 Å². The predicted molar refractivity (Wildman–Crippen MR) is 52.2 cm³/mol. The van der Waals surface area contributed by atoms with E-state index in [2.05, 4.69) is 10.1 Å². The summed E-state index contributed by atoms with van der Waals surface area (Å²) in [6.07, 6.45) is 1.90. The van der Waals surface area contributed by atoms with Crippen molar-refractivity contribution in [3.8, 4) is 10.7 Å². The van der Waals surface area contributed by atoms with Gasteiger partial charge in [-0.15, -0.1) is 11.3 Å². The van der Waals surface area contributed by atoms with Crippen molar-refractivity contribution >= 4 is 11.3 Å². The number of thiazole rings is 1. The van der Waals surface area contributed by atoms with Crippen molar-refractivity contribution in [2.45, 2.75) is 6.54 Å². The second kappa shape index (κ2) is 3.27. The van der Waals surface area contributed by atoms with Crippen molar-refractivity contribution in [3.05, 3.63) is 23.3 Å². The Morgan fingerprint density at radius 1 is 1.62 bits per heavy atom. The first-order valence-corrected chi connectivity index (χ1v) is 4.82. The summed E-state index contributed by atoms with van der Waals surface area (Å²) in [6, 6.07) is 1.94. The molecule has 2 N–H and O–H groups in total. The molecule has 0 radical (unpaired) electrons. The highest BCUT2D eigenvalue weighted by atomic mass is 32.1. The molecule has 5 heteroatoms. The van der Waals surface area contributed by atoms with E-state index in [9.17, 15) is 0 Å². The number of aryl methyl sites for hydroxylation is 1. The van der Waals surface area contributed by atoms with E-state index in [0.717, 1.165) is 16.4 Å². The van der Waals surface area contributed by atoms with Gasteiger partial charge in [-0.3, -0.25) is 4.68 Å². The van der Waals surface area contributed by atoms with Gasteiger partial charge in [-0.1, -0.05) is 0 Å². The summed E-state index contributed by atoms with van der Waals surface area (Å²) in [4.78, 5) is 4.33. The summed E-state index contributed by atoms with van der Waals surface area (Å²) in [6.45, 7) is 0.489. The number of aromatic nitrogens is 3. The predicted octanol–water partition coefficient (Wildman–Crippen LogP) is 1.00. The Labute approximate surface area is 80.0 Å². The smallest absolute Gasteiger partial charge is 0.144 e. The highest BCUT2D eigenvalue weighted by Crippen LogP contribution is 2.21. The normalized spacial score (nSPS) is 10.6. The second-order valence-electron chi connectivity index (χ2n) is 2.72. The van der Waals surface area contributed by atoms with Gasteiger partial charge in [-0.25, -0.2) is 4.98 Å². The monoisotopic (exact) mass is 194 g/mol. The second-order valence-corrected chi connectivity index (χ2v) is 3.58. The van der Waals surface area contributed by atoms with Gasteiger partial charge in [0.1, 0.15) is 10.7 Å². The standard InChI is InChI=1S/C8H10N4S/c1-12-3-2-7(11-12)8-10-6(4-9)5-13-8/h2-3,5H,4,9H2,1H3. The molecule has 0 saturated heterocycles. The van der Waals surface area contributed by atoms with E-state index in [1.165, 1.54) is 0 Å². The van der Waals surface area contributed by atoms with Gasteiger partial charge >= 0.3 is 0 Å². The molecule has 0 aliphatic heterocycles. The summed E-state index contributed by atoms with van der Waals surface area (Å²) < 4.78 is 1.76. The molecule has 0 aliphatic rings. The SMILES string of the molecule is Cn1ccc(-c2nc(CN)cs2)n1. The maximum atomic E-state index is 5.46. The molecule has 0 aromatic carbocycles. The van der Waals surface area contributed by atoms with Crippen LogP contribution in [-0.2, 0) is 13.6 Å². The van der Waals surface area contributed by atoms with Gasteiger partial charge in [0.25, 0.3) is 0 Å². The summed E-state index contributed by atoms with van der Waals surface area (Å²) in [5.41, 5.74) is 7.30. The van der Waals surface area contributed by atoms with E-state index < -0.39 is 0 Å². The van der Waals surface area contributed by atoms with Gasteiger partial charge in [0, 0.05) is 25.2 Å². The van der Waals surface area contributed by atoms with Crippen LogP contribution in [0, 0.1) is 0 Å². The molecule has 2 aromatic heterocycles. The van der Waals surface area contributed by atoms with Crippen LogP contribution in [0.15, 0.2) is 17.6 Å². The fourth-order valence-corrected chi connectivity index (χ4v) is 1.84. The fourth-order valence-electron chi connectivity index (χ4n) is 1.05. The molecule has 0 spiro atoms. The van der Waals surface area contributed by atoms with Crippen molar-refractivity contribution in [2.24, 2.45) is 12.8 Å². The van der Waals surface area contributed by atoms with Crippen LogP contribution in [0.25, 0.3) is 10.7 Å². The van der Waals surface area contributed by atoms with E-state index >= 15 is 0 Å². The fraction of sp³-hybridized carbons (Fsp3) is 0.250. The third-order valence-corrected chi connectivity index (χ3v) is 2.61. The quantitative estimate of drug-likeness (QED) is 0.776. The summed E-state index contributed by atoms with van der Waals surface area (Å²) in [7, 11) is 1.89. The van der Waals surface area contributed by atoms with E-state index in [1.807, 2.05) is 24.7 Å². The molecule has 0 amide bonds. The van der Waals surface area contributed by atoms with Crippen molar-refractivity contribution in [1.29, 1.82) is 0 Å². The maximum absolute atomic E-state index is 5.46. The van der Waals surface area contributed by atoms with E-state index in [-0.39, 0.29) is 0 Å². The molecule has 68 valence electrons. The van der Waals surface area contributed by atoms with E-state index in [4.69, 9.17) is 5.73 Å². The summed E-state index contributed by atoms with van der Waals surface area (Å²) in [5, 5.41) is 7.15. The van der Waals surface area contributed by atoms with Crippen molar-refractivity contribution in [1.82, 2.24) is 14.8 Å². The Bertz CT molecular complexity index is 404. The van der Waals surface area contributed by atoms with Crippen LogP contribution in [0.5, 0.6) is 0 Å². The average molecular weight is 194 g/mol. The number of nitrogens with zero attached hydrogens (tertiary/aromatic N) is 3. The molecular formula is C8H10N4S.